The Morgan fingerprint density at radius 2 is 0.857 bits per heavy atom. The van der Waals surface area contributed by atoms with Crippen LogP contribution < -0.4 is 0 Å². The number of hydrogen-bond donors (Lipinski definition) is 0. The summed E-state index contributed by atoms with van der Waals surface area (Å²) in [7, 11) is 0. The van der Waals surface area contributed by atoms with E-state index in [-0.39, 0.29) is 0 Å². The topological polar surface area (TPSA) is 0 Å². The first-order chi connectivity index (χ1) is 10.4. The minimum absolute atomic E-state index is 1.12. The van der Waals surface area contributed by atoms with Crippen LogP contribution in [0.25, 0.3) is 0 Å². The highest BCUT2D eigenvalue weighted by Crippen LogP contribution is 2.06. The van der Waals surface area contributed by atoms with Gasteiger partial charge in [-0.1, -0.05) is 82.4 Å². The molecule has 0 spiro atoms. The highest BCUT2D eigenvalue weighted by atomic mass is 13.9. The third-order valence-corrected chi connectivity index (χ3v) is 3.71. The maximum atomic E-state index is 2.37. The molecule has 0 aromatic heterocycles. The van der Waals surface area contributed by atoms with Crippen molar-refractivity contribution in [3.63, 3.8) is 0 Å². The van der Waals surface area contributed by atoms with Crippen molar-refractivity contribution < 1.29 is 0 Å². The molecular weight excluding hydrogens is 252 g/mol. The summed E-state index contributed by atoms with van der Waals surface area (Å²) in [6, 6.07) is 0. The van der Waals surface area contributed by atoms with Gasteiger partial charge < -0.3 is 0 Å². The lowest BCUT2D eigenvalue weighted by molar-refractivity contribution is 0.694. The van der Waals surface area contributed by atoms with Crippen LogP contribution in [0.4, 0.5) is 0 Å². The molecule has 0 aromatic carbocycles. The molecule has 0 radical (unpaired) electrons. The fourth-order valence-corrected chi connectivity index (χ4v) is 2.28. The van der Waals surface area contributed by atoms with E-state index < -0.39 is 0 Å². The standard InChI is InChI=1S/C21H38/c1-3-5-7-9-11-13-15-17-19-21-20-18-16-14-12-10-8-6-4-2/h9,11-12,14,18,20H,3-8,10,13,15-17,19,21H2,1-2H3. The maximum Gasteiger partial charge on any atom is -0.0169 e. The largest absolute Gasteiger partial charge is 0.0885 e. The molecule has 0 atom stereocenters. The van der Waals surface area contributed by atoms with E-state index >= 15 is 0 Å². The minimum Gasteiger partial charge on any atom is -0.0885 e. The third-order valence-electron chi connectivity index (χ3n) is 3.71. The predicted molar refractivity (Wildman–Crippen MR) is 98.8 cm³/mol. The van der Waals surface area contributed by atoms with Crippen molar-refractivity contribution >= 4 is 0 Å². The Hall–Kier alpha value is -0.780. The second-order valence-corrected chi connectivity index (χ2v) is 5.93. The van der Waals surface area contributed by atoms with Crippen molar-refractivity contribution in [1.82, 2.24) is 0 Å². The van der Waals surface area contributed by atoms with Crippen LogP contribution in [0, 0.1) is 0 Å². The van der Waals surface area contributed by atoms with E-state index in [1.165, 1.54) is 77.0 Å². The van der Waals surface area contributed by atoms with Crippen LogP contribution in [-0.4, -0.2) is 0 Å². The molecule has 0 aliphatic carbocycles. The third kappa shape index (κ3) is 19.2. The van der Waals surface area contributed by atoms with Crippen LogP contribution in [0.15, 0.2) is 36.5 Å². The fourth-order valence-electron chi connectivity index (χ4n) is 2.28. The summed E-state index contributed by atoms with van der Waals surface area (Å²) in [4.78, 5) is 0. The average Bonchev–Trinajstić information content (AvgIpc) is 2.50. The van der Waals surface area contributed by atoms with Crippen molar-refractivity contribution in [2.24, 2.45) is 0 Å². The molecule has 0 heterocycles. The van der Waals surface area contributed by atoms with Gasteiger partial charge in [0.15, 0.2) is 0 Å². The Kier molecular flexibility index (Phi) is 18.5. The monoisotopic (exact) mass is 290 g/mol. The average molecular weight is 291 g/mol. The van der Waals surface area contributed by atoms with Gasteiger partial charge in [0.1, 0.15) is 0 Å². The first-order valence-electron chi connectivity index (χ1n) is 9.36. The highest BCUT2D eigenvalue weighted by Gasteiger charge is 1.86. The molecule has 0 unspecified atom stereocenters. The van der Waals surface area contributed by atoms with Gasteiger partial charge in [-0.3, -0.25) is 0 Å². The van der Waals surface area contributed by atoms with Crippen molar-refractivity contribution in [2.75, 3.05) is 0 Å². The van der Waals surface area contributed by atoms with E-state index in [1.54, 1.807) is 0 Å². The molecule has 0 fully saturated rings. The molecule has 0 aliphatic rings. The van der Waals surface area contributed by atoms with Gasteiger partial charge in [-0.2, -0.15) is 0 Å². The first kappa shape index (κ1) is 20.2. The molecule has 0 heteroatoms. The van der Waals surface area contributed by atoms with Crippen LogP contribution in [0.3, 0.4) is 0 Å². The molecule has 122 valence electrons. The Morgan fingerprint density at radius 3 is 1.38 bits per heavy atom. The van der Waals surface area contributed by atoms with Crippen LogP contribution in [-0.2, 0) is 0 Å². The molecule has 0 rings (SSSR count). The van der Waals surface area contributed by atoms with Crippen LogP contribution in [0.5, 0.6) is 0 Å². The number of allylic oxidation sites excluding steroid dienone is 6. The van der Waals surface area contributed by atoms with Gasteiger partial charge in [-0.05, 0) is 51.4 Å². The van der Waals surface area contributed by atoms with E-state index in [9.17, 15) is 0 Å². The molecule has 0 saturated carbocycles. The Morgan fingerprint density at radius 1 is 0.429 bits per heavy atom. The molecule has 0 bridgehead atoms. The van der Waals surface area contributed by atoms with E-state index in [4.69, 9.17) is 0 Å². The van der Waals surface area contributed by atoms with Crippen LogP contribution in [0.1, 0.15) is 97.3 Å². The van der Waals surface area contributed by atoms with Crippen molar-refractivity contribution in [2.45, 2.75) is 97.3 Å². The van der Waals surface area contributed by atoms with Gasteiger partial charge in [0, 0.05) is 0 Å². The van der Waals surface area contributed by atoms with Gasteiger partial charge in [0.25, 0.3) is 0 Å². The van der Waals surface area contributed by atoms with Crippen molar-refractivity contribution in [3.05, 3.63) is 36.5 Å². The van der Waals surface area contributed by atoms with E-state index in [0.717, 1.165) is 6.42 Å². The fraction of sp³-hybridized carbons (Fsp3) is 0.714. The second kappa shape index (κ2) is 19.2. The summed E-state index contributed by atoms with van der Waals surface area (Å²) in [5, 5.41) is 0. The van der Waals surface area contributed by atoms with Crippen molar-refractivity contribution in [3.8, 4) is 0 Å². The molecular formula is C21H38. The number of unbranched alkanes of at least 4 members (excludes halogenated alkanes) is 9. The quantitative estimate of drug-likeness (QED) is 0.213. The smallest absolute Gasteiger partial charge is 0.0169 e. The highest BCUT2D eigenvalue weighted by molar-refractivity contribution is 4.92. The van der Waals surface area contributed by atoms with E-state index in [2.05, 4.69) is 50.3 Å². The molecule has 0 saturated heterocycles. The molecule has 0 aromatic rings. The predicted octanol–water partition coefficient (Wildman–Crippen LogP) is 7.77. The van der Waals surface area contributed by atoms with Crippen molar-refractivity contribution in [1.29, 1.82) is 0 Å². The lowest BCUT2D eigenvalue weighted by atomic mass is 10.1. The maximum absolute atomic E-state index is 2.37. The second-order valence-electron chi connectivity index (χ2n) is 5.93. The summed E-state index contributed by atoms with van der Waals surface area (Å²) < 4.78 is 0. The Balaban J connectivity index is 3.20. The summed E-state index contributed by atoms with van der Waals surface area (Å²) in [5.74, 6) is 0. The Labute approximate surface area is 134 Å². The van der Waals surface area contributed by atoms with Crippen LogP contribution >= 0.6 is 0 Å². The summed E-state index contributed by atoms with van der Waals surface area (Å²) in [6.45, 7) is 4.51. The SMILES string of the molecule is CCCCC=CCCCCCC=CCC=CCCCCC. The molecule has 0 N–H and O–H groups in total. The number of rotatable bonds is 15. The molecule has 0 nitrogen and oxygen atoms in total. The zero-order valence-corrected chi connectivity index (χ0v) is 14.7. The summed E-state index contributed by atoms with van der Waals surface area (Å²) >= 11 is 0. The zero-order chi connectivity index (χ0) is 15.4. The zero-order valence-electron chi connectivity index (χ0n) is 14.7. The molecule has 0 amide bonds. The van der Waals surface area contributed by atoms with Crippen LogP contribution in [0.2, 0.25) is 0 Å². The summed E-state index contributed by atoms with van der Waals surface area (Å²) in [5.41, 5.74) is 0. The molecule has 21 heavy (non-hydrogen) atoms. The van der Waals surface area contributed by atoms with Gasteiger partial charge in [-0.25, -0.2) is 0 Å². The minimum atomic E-state index is 1.12. The van der Waals surface area contributed by atoms with Gasteiger partial charge in [-0.15, -0.1) is 0 Å². The first-order valence-corrected chi connectivity index (χ1v) is 9.36. The Bertz CT molecular complexity index is 257. The number of hydrogen-bond acceptors (Lipinski definition) is 0. The lowest BCUT2D eigenvalue weighted by Gasteiger charge is -1.95. The van der Waals surface area contributed by atoms with Gasteiger partial charge in [0.2, 0.25) is 0 Å². The summed E-state index contributed by atoms with van der Waals surface area (Å²) in [6.07, 6.45) is 31.0. The van der Waals surface area contributed by atoms with Gasteiger partial charge in [0.05, 0.1) is 0 Å². The molecule has 0 aliphatic heterocycles. The van der Waals surface area contributed by atoms with E-state index in [0.29, 0.717) is 0 Å². The van der Waals surface area contributed by atoms with E-state index in [1.807, 2.05) is 0 Å². The van der Waals surface area contributed by atoms with Gasteiger partial charge >= 0.3 is 0 Å². The lowest BCUT2D eigenvalue weighted by Crippen LogP contribution is -1.75. The normalized spacial score (nSPS) is 12.3.